The van der Waals surface area contributed by atoms with Crippen LogP contribution in [0.2, 0.25) is 0 Å². The van der Waals surface area contributed by atoms with Gasteiger partial charge in [0.2, 0.25) is 0 Å². The zero-order chi connectivity index (χ0) is 8.27. The van der Waals surface area contributed by atoms with Gasteiger partial charge >= 0.3 is 0 Å². The van der Waals surface area contributed by atoms with E-state index < -0.39 is 0 Å². The van der Waals surface area contributed by atoms with Gasteiger partial charge in [-0.2, -0.15) is 0 Å². The molecule has 0 saturated heterocycles. The Morgan fingerprint density at radius 2 is 2.27 bits per heavy atom. The first-order valence-electron chi connectivity index (χ1n) is 4.30. The van der Waals surface area contributed by atoms with Crippen molar-refractivity contribution in [2.45, 2.75) is 31.3 Å². The van der Waals surface area contributed by atoms with Crippen LogP contribution >= 0.6 is 0 Å². The third kappa shape index (κ3) is 3.18. The van der Waals surface area contributed by atoms with Gasteiger partial charge in [0.05, 0.1) is 0 Å². The molecular weight excluding hydrogens is 140 g/mol. The molecule has 1 fully saturated rings. The van der Waals surface area contributed by atoms with E-state index in [1.54, 1.807) is 0 Å². The SMILES string of the molecule is CN(CC(N)CCO)C1CC1. The van der Waals surface area contributed by atoms with Crippen LogP contribution in [-0.4, -0.2) is 42.3 Å². The molecule has 0 aromatic rings. The summed E-state index contributed by atoms with van der Waals surface area (Å²) in [5, 5.41) is 8.61. The van der Waals surface area contributed by atoms with Crippen molar-refractivity contribution in [3.63, 3.8) is 0 Å². The molecule has 0 heterocycles. The van der Waals surface area contributed by atoms with Crippen molar-refractivity contribution < 1.29 is 5.11 Å². The molecule has 3 nitrogen and oxygen atoms in total. The fraction of sp³-hybridized carbons (Fsp3) is 1.00. The fourth-order valence-electron chi connectivity index (χ4n) is 1.29. The van der Waals surface area contributed by atoms with Crippen LogP contribution in [0, 0.1) is 0 Å². The molecule has 1 aliphatic rings. The van der Waals surface area contributed by atoms with Crippen LogP contribution < -0.4 is 5.73 Å². The number of aliphatic hydroxyl groups excluding tert-OH is 1. The van der Waals surface area contributed by atoms with Crippen molar-refractivity contribution in [3.8, 4) is 0 Å². The summed E-state index contributed by atoms with van der Waals surface area (Å²) in [6.07, 6.45) is 3.36. The maximum Gasteiger partial charge on any atom is 0.0446 e. The summed E-state index contributed by atoms with van der Waals surface area (Å²) in [7, 11) is 2.11. The molecule has 1 saturated carbocycles. The second-order valence-electron chi connectivity index (χ2n) is 3.44. The second-order valence-corrected chi connectivity index (χ2v) is 3.44. The summed E-state index contributed by atoms with van der Waals surface area (Å²) in [6.45, 7) is 1.13. The van der Waals surface area contributed by atoms with Crippen LogP contribution in [0.3, 0.4) is 0 Å². The predicted molar refractivity (Wildman–Crippen MR) is 45.3 cm³/mol. The normalized spacial score (nSPS) is 20.7. The van der Waals surface area contributed by atoms with E-state index in [1.165, 1.54) is 12.8 Å². The lowest BCUT2D eigenvalue weighted by Gasteiger charge is -2.19. The fourth-order valence-corrected chi connectivity index (χ4v) is 1.29. The van der Waals surface area contributed by atoms with Crippen LogP contribution in [-0.2, 0) is 0 Å². The molecule has 11 heavy (non-hydrogen) atoms. The minimum atomic E-state index is 0.144. The quantitative estimate of drug-likeness (QED) is 0.582. The lowest BCUT2D eigenvalue weighted by molar-refractivity contribution is 0.243. The molecule has 1 rings (SSSR count). The summed E-state index contributed by atoms with van der Waals surface area (Å²) >= 11 is 0. The van der Waals surface area contributed by atoms with Crippen molar-refractivity contribution in [1.82, 2.24) is 4.90 Å². The highest BCUT2D eigenvalue weighted by atomic mass is 16.3. The number of hydrogen-bond donors (Lipinski definition) is 2. The first kappa shape index (κ1) is 8.97. The van der Waals surface area contributed by atoms with E-state index in [1.807, 2.05) is 0 Å². The van der Waals surface area contributed by atoms with Crippen molar-refractivity contribution in [2.75, 3.05) is 20.2 Å². The molecule has 3 heteroatoms. The number of aliphatic hydroxyl groups is 1. The van der Waals surface area contributed by atoms with Gasteiger partial charge in [0.1, 0.15) is 0 Å². The molecule has 66 valence electrons. The molecule has 1 atom stereocenters. The van der Waals surface area contributed by atoms with Crippen molar-refractivity contribution in [3.05, 3.63) is 0 Å². The van der Waals surface area contributed by atoms with Crippen LogP contribution in [0.4, 0.5) is 0 Å². The minimum absolute atomic E-state index is 0.144. The summed E-state index contributed by atoms with van der Waals surface area (Å²) in [5.41, 5.74) is 5.75. The number of rotatable bonds is 5. The van der Waals surface area contributed by atoms with E-state index in [9.17, 15) is 0 Å². The highest BCUT2D eigenvalue weighted by molar-refractivity contribution is 4.84. The first-order valence-corrected chi connectivity index (χ1v) is 4.30. The smallest absolute Gasteiger partial charge is 0.0446 e. The predicted octanol–water partition coefficient (Wildman–Crippen LogP) is -0.210. The van der Waals surface area contributed by atoms with Crippen LogP contribution in [0.5, 0.6) is 0 Å². The molecule has 0 amide bonds. The zero-order valence-electron chi connectivity index (χ0n) is 7.16. The lowest BCUT2D eigenvalue weighted by atomic mass is 10.2. The summed E-state index contributed by atoms with van der Waals surface area (Å²) in [6, 6.07) is 0.922. The molecule has 3 N–H and O–H groups in total. The topological polar surface area (TPSA) is 49.5 Å². The Morgan fingerprint density at radius 3 is 2.73 bits per heavy atom. The Hall–Kier alpha value is -0.120. The second kappa shape index (κ2) is 4.04. The lowest BCUT2D eigenvalue weighted by Crippen LogP contribution is -2.36. The zero-order valence-corrected chi connectivity index (χ0v) is 7.16. The summed E-state index contributed by atoms with van der Waals surface area (Å²) in [5.74, 6) is 0. The van der Waals surface area contributed by atoms with E-state index in [4.69, 9.17) is 10.8 Å². The number of nitrogens with zero attached hydrogens (tertiary/aromatic N) is 1. The van der Waals surface area contributed by atoms with Crippen molar-refractivity contribution >= 4 is 0 Å². The van der Waals surface area contributed by atoms with Crippen molar-refractivity contribution in [2.24, 2.45) is 5.73 Å². The molecule has 0 spiro atoms. The first-order chi connectivity index (χ1) is 5.24. The number of nitrogens with two attached hydrogens (primary N) is 1. The molecule has 1 unspecified atom stereocenters. The van der Waals surface area contributed by atoms with Crippen LogP contribution in [0.25, 0.3) is 0 Å². The third-order valence-corrected chi connectivity index (χ3v) is 2.19. The van der Waals surface area contributed by atoms with Gasteiger partial charge in [0, 0.05) is 25.2 Å². The highest BCUT2D eigenvalue weighted by Gasteiger charge is 2.26. The van der Waals surface area contributed by atoms with E-state index in [2.05, 4.69) is 11.9 Å². The molecule has 0 aromatic carbocycles. The minimum Gasteiger partial charge on any atom is -0.396 e. The molecule has 0 aliphatic heterocycles. The Labute approximate surface area is 68.2 Å². The largest absolute Gasteiger partial charge is 0.396 e. The Morgan fingerprint density at radius 1 is 1.64 bits per heavy atom. The molecule has 1 aliphatic carbocycles. The van der Waals surface area contributed by atoms with Gasteiger partial charge in [-0.05, 0) is 26.3 Å². The van der Waals surface area contributed by atoms with Crippen LogP contribution in [0.15, 0.2) is 0 Å². The van der Waals surface area contributed by atoms with Gasteiger partial charge in [-0.1, -0.05) is 0 Å². The Bertz CT molecular complexity index is 115. The van der Waals surface area contributed by atoms with E-state index in [0.29, 0.717) is 0 Å². The van der Waals surface area contributed by atoms with Crippen LogP contribution in [0.1, 0.15) is 19.3 Å². The maximum atomic E-state index is 8.61. The van der Waals surface area contributed by atoms with Gasteiger partial charge in [-0.15, -0.1) is 0 Å². The molecule has 0 radical (unpaired) electrons. The van der Waals surface area contributed by atoms with Gasteiger partial charge in [-0.25, -0.2) is 0 Å². The maximum absolute atomic E-state index is 8.61. The molecule has 0 bridgehead atoms. The van der Waals surface area contributed by atoms with Gasteiger partial charge in [0.15, 0.2) is 0 Å². The van der Waals surface area contributed by atoms with Gasteiger partial charge in [0.25, 0.3) is 0 Å². The molecule has 0 aromatic heterocycles. The average molecular weight is 158 g/mol. The van der Waals surface area contributed by atoms with E-state index >= 15 is 0 Å². The highest BCUT2D eigenvalue weighted by Crippen LogP contribution is 2.25. The summed E-state index contributed by atoms with van der Waals surface area (Å²) in [4.78, 5) is 2.29. The van der Waals surface area contributed by atoms with E-state index in [-0.39, 0.29) is 12.6 Å². The average Bonchev–Trinajstić information content (AvgIpc) is 2.67. The Balaban J connectivity index is 2.07. The van der Waals surface area contributed by atoms with Crippen molar-refractivity contribution in [1.29, 1.82) is 0 Å². The number of hydrogen-bond acceptors (Lipinski definition) is 3. The number of likely N-dealkylation sites (N-methyl/N-ethyl adjacent to an activating group) is 1. The van der Waals surface area contributed by atoms with Gasteiger partial charge < -0.3 is 15.7 Å². The molecular formula is C8H18N2O. The van der Waals surface area contributed by atoms with Gasteiger partial charge in [-0.3, -0.25) is 0 Å². The third-order valence-electron chi connectivity index (χ3n) is 2.19. The monoisotopic (exact) mass is 158 g/mol. The summed E-state index contributed by atoms with van der Waals surface area (Å²) < 4.78 is 0. The van der Waals surface area contributed by atoms with E-state index in [0.717, 1.165) is 19.0 Å². The Kier molecular flexibility index (Phi) is 3.30. The standard InChI is InChI=1S/C8H18N2O/c1-10(8-2-3-8)6-7(9)4-5-11/h7-8,11H,2-6,9H2,1H3.